The first kappa shape index (κ1) is 13.7. The highest BCUT2D eigenvalue weighted by Gasteiger charge is 2.28. The van der Waals surface area contributed by atoms with Crippen LogP contribution in [0, 0.1) is 5.41 Å². The molecule has 0 spiro atoms. The van der Waals surface area contributed by atoms with Crippen LogP contribution in [0.2, 0.25) is 0 Å². The third-order valence-corrected chi connectivity index (χ3v) is 1.90. The van der Waals surface area contributed by atoms with Crippen LogP contribution in [0.1, 0.15) is 20.3 Å². The molecule has 5 heteroatoms. The molecular formula is C9H18F3NO. The van der Waals surface area contributed by atoms with E-state index >= 15 is 0 Å². The van der Waals surface area contributed by atoms with Gasteiger partial charge in [0.2, 0.25) is 0 Å². The molecule has 1 N–H and O–H groups in total. The number of aliphatic hydroxyl groups is 1. The van der Waals surface area contributed by atoms with Gasteiger partial charge in [-0.15, -0.1) is 0 Å². The molecule has 0 amide bonds. The number of hydrogen-bond donors (Lipinski definition) is 1. The molecule has 2 nitrogen and oxygen atoms in total. The molecule has 0 aliphatic carbocycles. The highest BCUT2D eigenvalue weighted by molar-refractivity contribution is 4.71. The van der Waals surface area contributed by atoms with E-state index in [0.717, 1.165) is 0 Å². The van der Waals surface area contributed by atoms with Crippen LogP contribution in [-0.2, 0) is 0 Å². The van der Waals surface area contributed by atoms with E-state index in [2.05, 4.69) is 0 Å². The molecule has 0 aliphatic heterocycles. The van der Waals surface area contributed by atoms with Gasteiger partial charge in [-0.05, 0) is 7.05 Å². The first-order valence-electron chi connectivity index (χ1n) is 4.52. The Morgan fingerprint density at radius 3 is 2.07 bits per heavy atom. The summed E-state index contributed by atoms with van der Waals surface area (Å²) < 4.78 is 35.6. The summed E-state index contributed by atoms with van der Waals surface area (Å²) in [5.74, 6) is 0. The fraction of sp³-hybridized carbons (Fsp3) is 1.00. The molecule has 0 saturated heterocycles. The van der Waals surface area contributed by atoms with Crippen molar-refractivity contribution in [2.45, 2.75) is 26.4 Å². The second-order valence-corrected chi connectivity index (χ2v) is 4.43. The summed E-state index contributed by atoms with van der Waals surface area (Å²) >= 11 is 0. The van der Waals surface area contributed by atoms with Crippen LogP contribution in [-0.4, -0.2) is 42.9 Å². The van der Waals surface area contributed by atoms with Gasteiger partial charge >= 0.3 is 6.18 Å². The minimum absolute atomic E-state index is 0.0209. The Morgan fingerprint density at radius 2 is 1.71 bits per heavy atom. The summed E-state index contributed by atoms with van der Waals surface area (Å²) in [7, 11) is 1.63. The lowest BCUT2D eigenvalue weighted by atomic mass is 9.94. The Kier molecular flexibility index (Phi) is 4.88. The van der Waals surface area contributed by atoms with Gasteiger partial charge in [-0.1, -0.05) is 13.8 Å². The maximum atomic E-state index is 11.9. The second kappa shape index (κ2) is 4.98. The molecule has 0 aromatic rings. The van der Waals surface area contributed by atoms with Gasteiger partial charge in [0.1, 0.15) is 0 Å². The maximum absolute atomic E-state index is 11.9. The SMILES string of the molecule is CN(CCC(F)(F)F)CC(C)(C)CO. The first-order chi connectivity index (χ1) is 6.16. The number of hydrogen-bond acceptors (Lipinski definition) is 2. The zero-order chi connectivity index (χ0) is 11.4. The van der Waals surface area contributed by atoms with Crippen LogP contribution < -0.4 is 0 Å². The normalized spacial score (nSPS) is 13.7. The average molecular weight is 213 g/mol. The van der Waals surface area contributed by atoms with E-state index in [4.69, 9.17) is 5.11 Å². The molecule has 86 valence electrons. The van der Waals surface area contributed by atoms with Crippen molar-refractivity contribution in [3.8, 4) is 0 Å². The van der Waals surface area contributed by atoms with Crippen molar-refractivity contribution in [1.29, 1.82) is 0 Å². The lowest BCUT2D eigenvalue weighted by Crippen LogP contribution is -2.35. The fourth-order valence-corrected chi connectivity index (χ4v) is 1.18. The molecule has 14 heavy (non-hydrogen) atoms. The molecule has 0 radical (unpaired) electrons. The zero-order valence-electron chi connectivity index (χ0n) is 8.86. The van der Waals surface area contributed by atoms with Gasteiger partial charge in [-0.3, -0.25) is 0 Å². The molecule has 0 aliphatic rings. The summed E-state index contributed by atoms with van der Waals surface area (Å²) in [6.07, 6.45) is -4.90. The largest absolute Gasteiger partial charge is 0.396 e. The maximum Gasteiger partial charge on any atom is 0.390 e. The predicted octanol–water partition coefficient (Wildman–Crippen LogP) is 1.89. The van der Waals surface area contributed by atoms with E-state index in [1.54, 1.807) is 11.9 Å². The molecule has 0 saturated carbocycles. The van der Waals surface area contributed by atoms with Gasteiger partial charge < -0.3 is 10.0 Å². The summed E-state index contributed by atoms with van der Waals surface area (Å²) in [6.45, 7) is 4.05. The molecular weight excluding hydrogens is 195 g/mol. The first-order valence-corrected chi connectivity index (χ1v) is 4.52. The van der Waals surface area contributed by atoms with Crippen LogP contribution in [0.15, 0.2) is 0 Å². The number of rotatable bonds is 5. The smallest absolute Gasteiger partial charge is 0.390 e. The number of halogens is 3. The van der Waals surface area contributed by atoms with Crippen LogP contribution in [0.4, 0.5) is 13.2 Å². The van der Waals surface area contributed by atoms with Crippen molar-refractivity contribution in [1.82, 2.24) is 4.90 Å². The highest BCUT2D eigenvalue weighted by Crippen LogP contribution is 2.21. The van der Waals surface area contributed by atoms with Crippen molar-refractivity contribution < 1.29 is 18.3 Å². The molecule has 0 aromatic heterocycles. The van der Waals surface area contributed by atoms with E-state index in [-0.39, 0.29) is 18.6 Å². The minimum Gasteiger partial charge on any atom is -0.396 e. The average Bonchev–Trinajstić information content (AvgIpc) is 1.99. The molecule has 0 fully saturated rings. The molecule has 0 unspecified atom stereocenters. The minimum atomic E-state index is -4.10. The predicted molar refractivity (Wildman–Crippen MR) is 49.0 cm³/mol. The van der Waals surface area contributed by atoms with E-state index in [1.807, 2.05) is 13.8 Å². The Hall–Kier alpha value is -0.290. The van der Waals surface area contributed by atoms with Crippen molar-refractivity contribution >= 4 is 0 Å². The summed E-state index contributed by atoms with van der Waals surface area (Å²) in [6, 6.07) is 0. The van der Waals surface area contributed by atoms with Crippen molar-refractivity contribution in [3.05, 3.63) is 0 Å². The third-order valence-electron chi connectivity index (χ3n) is 1.90. The molecule has 0 atom stereocenters. The second-order valence-electron chi connectivity index (χ2n) is 4.43. The molecule has 0 rings (SSSR count). The Bertz CT molecular complexity index is 168. The lowest BCUT2D eigenvalue weighted by Gasteiger charge is -2.28. The Labute approximate surface area is 82.7 Å². The Morgan fingerprint density at radius 1 is 1.21 bits per heavy atom. The van der Waals surface area contributed by atoms with Gasteiger partial charge in [0.05, 0.1) is 6.42 Å². The highest BCUT2D eigenvalue weighted by atomic mass is 19.4. The quantitative estimate of drug-likeness (QED) is 0.753. The molecule has 0 bridgehead atoms. The number of aliphatic hydroxyl groups excluding tert-OH is 1. The molecule has 0 aromatic carbocycles. The van der Waals surface area contributed by atoms with Gasteiger partial charge in [0.25, 0.3) is 0 Å². The van der Waals surface area contributed by atoms with E-state index in [9.17, 15) is 13.2 Å². The van der Waals surface area contributed by atoms with Gasteiger partial charge in [-0.25, -0.2) is 0 Å². The standard InChI is InChI=1S/C9H18F3NO/c1-8(2,7-14)6-13(3)5-4-9(10,11)12/h14H,4-7H2,1-3H3. The van der Waals surface area contributed by atoms with Crippen LogP contribution in [0.25, 0.3) is 0 Å². The van der Waals surface area contributed by atoms with E-state index < -0.39 is 12.6 Å². The number of alkyl halides is 3. The Balaban J connectivity index is 3.82. The van der Waals surface area contributed by atoms with Crippen LogP contribution in [0.3, 0.4) is 0 Å². The van der Waals surface area contributed by atoms with E-state index in [1.165, 1.54) is 0 Å². The van der Waals surface area contributed by atoms with Gasteiger partial charge in [-0.2, -0.15) is 13.2 Å². The van der Waals surface area contributed by atoms with Crippen LogP contribution >= 0.6 is 0 Å². The molecule has 0 heterocycles. The zero-order valence-corrected chi connectivity index (χ0v) is 8.86. The van der Waals surface area contributed by atoms with Gasteiger partial charge in [0, 0.05) is 25.1 Å². The number of nitrogens with zero attached hydrogens (tertiary/aromatic N) is 1. The summed E-state index contributed by atoms with van der Waals surface area (Å²) in [4.78, 5) is 1.59. The topological polar surface area (TPSA) is 23.5 Å². The monoisotopic (exact) mass is 213 g/mol. The third kappa shape index (κ3) is 7.15. The van der Waals surface area contributed by atoms with Crippen molar-refractivity contribution in [3.63, 3.8) is 0 Å². The lowest BCUT2D eigenvalue weighted by molar-refractivity contribution is -0.138. The van der Waals surface area contributed by atoms with Gasteiger partial charge in [0.15, 0.2) is 0 Å². The summed E-state index contributed by atoms with van der Waals surface area (Å²) in [5.41, 5.74) is -0.347. The summed E-state index contributed by atoms with van der Waals surface area (Å²) in [5, 5.41) is 8.92. The van der Waals surface area contributed by atoms with Crippen molar-refractivity contribution in [2.75, 3.05) is 26.7 Å². The van der Waals surface area contributed by atoms with Crippen molar-refractivity contribution in [2.24, 2.45) is 5.41 Å². The fourth-order valence-electron chi connectivity index (χ4n) is 1.18. The van der Waals surface area contributed by atoms with Crippen LogP contribution in [0.5, 0.6) is 0 Å². The van der Waals surface area contributed by atoms with E-state index in [0.29, 0.717) is 6.54 Å².